The minimum Gasteiger partial charge on any atom is -0.396 e. The number of anilines is 1. The van der Waals surface area contributed by atoms with E-state index in [4.69, 9.17) is 4.74 Å². The van der Waals surface area contributed by atoms with Gasteiger partial charge in [0.25, 0.3) is 0 Å². The Morgan fingerprint density at radius 2 is 2.04 bits per heavy atom. The predicted molar refractivity (Wildman–Crippen MR) is 96.2 cm³/mol. The summed E-state index contributed by atoms with van der Waals surface area (Å²) in [6, 6.07) is 7.76. The zero-order chi connectivity index (χ0) is 17.2. The van der Waals surface area contributed by atoms with E-state index < -0.39 is 0 Å². The van der Waals surface area contributed by atoms with Gasteiger partial charge in [0.1, 0.15) is 0 Å². The van der Waals surface area contributed by atoms with Gasteiger partial charge in [0.2, 0.25) is 0 Å². The molecule has 1 aromatic rings. The highest BCUT2D eigenvalue weighted by Crippen LogP contribution is 2.48. The quantitative estimate of drug-likeness (QED) is 0.712. The Balaban J connectivity index is 1.29. The number of carbonyl (C=O) groups is 1. The van der Waals surface area contributed by atoms with E-state index in [0.717, 1.165) is 30.2 Å². The first-order valence-electron chi connectivity index (χ1n) is 9.58. The molecular weight excluding hydrogens is 316 g/mol. The Morgan fingerprint density at radius 3 is 2.84 bits per heavy atom. The van der Waals surface area contributed by atoms with Crippen LogP contribution in [0.5, 0.6) is 0 Å². The van der Waals surface area contributed by atoms with Crippen molar-refractivity contribution in [3.8, 4) is 0 Å². The SMILES string of the molecule is O=C(Nc1cccc(COCC2CC2)c1)NC1C2CCC(C2)C1CO. The van der Waals surface area contributed by atoms with Crippen LogP contribution in [-0.2, 0) is 11.3 Å². The predicted octanol–water partition coefficient (Wildman–Crippen LogP) is 3.14. The molecule has 136 valence electrons. The summed E-state index contributed by atoms with van der Waals surface area (Å²) in [5.41, 5.74) is 1.86. The summed E-state index contributed by atoms with van der Waals surface area (Å²) in [4.78, 5) is 12.4. The number of aliphatic hydroxyl groups excluding tert-OH is 1. The van der Waals surface area contributed by atoms with Crippen LogP contribution in [-0.4, -0.2) is 30.4 Å². The van der Waals surface area contributed by atoms with E-state index in [1.165, 1.54) is 25.7 Å². The number of hydrogen-bond acceptors (Lipinski definition) is 3. The smallest absolute Gasteiger partial charge is 0.319 e. The summed E-state index contributed by atoms with van der Waals surface area (Å²) in [7, 11) is 0. The van der Waals surface area contributed by atoms with Crippen molar-refractivity contribution in [2.24, 2.45) is 23.7 Å². The Kier molecular flexibility index (Phi) is 4.95. The van der Waals surface area contributed by atoms with Crippen LogP contribution in [0.1, 0.15) is 37.7 Å². The first-order chi connectivity index (χ1) is 12.2. The van der Waals surface area contributed by atoms with Crippen LogP contribution < -0.4 is 10.6 Å². The Bertz CT molecular complexity index is 617. The molecule has 4 rings (SSSR count). The molecule has 3 N–H and O–H groups in total. The lowest BCUT2D eigenvalue weighted by Crippen LogP contribution is -2.46. The van der Waals surface area contributed by atoms with E-state index in [1.807, 2.05) is 24.3 Å². The zero-order valence-corrected chi connectivity index (χ0v) is 14.6. The van der Waals surface area contributed by atoms with Crippen LogP contribution in [0.25, 0.3) is 0 Å². The third-order valence-corrected chi connectivity index (χ3v) is 6.10. The third-order valence-electron chi connectivity index (χ3n) is 6.10. The van der Waals surface area contributed by atoms with Crippen LogP contribution in [0.4, 0.5) is 10.5 Å². The summed E-state index contributed by atoms with van der Waals surface area (Å²) in [6.45, 7) is 1.59. The molecule has 3 aliphatic carbocycles. The maximum absolute atomic E-state index is 12.4. The van der Waals surface area contributed by atoms with E-state index in [9.17, 15) is 9.90 Å². The molecule has 0 spiro atoms. The summed E-state index contributed by atoms with van der Waals surface area (Å²) < 4.78 is 5.72. The number of rotatable bonds is 7. The Labute approximate surface area is 149 Å². The molecule has 4 atom stereocenters. The summed E-state index contributed by atoms with van der Waals surface area (Å²) in [6.07, 6.45) is 6.09. The lowest BCUT2D eigenvalue weighted by molar-refractivity contribution is 0.111. The number of carbonyl (C=O) groups excluding carboxylic acids is 1. The average Bonchev–Trinajstić information content (AvgIpc) is 3.21. The van der Waals surface area contributed by atoms with E-state index in [0.29, 0.717) is 18.4 Å². The van der Waals surface area contributed by atoms with Crippen molar-refractivity contribution in [3.63, 3.8) is 0 Å². The minimum atomic E-state index is -0.174. The van der Waals surface area contributed by atoms with Crippen LogP contribution in [0.2, 0.25) is 0 Å². The highest BCUT2D eigenvalue weighted by molar-refractivity contribution is 5.89. The van der Waals surface area contributed by atoms with Gasteiger partial charge >= 0.3 is 6.03 Å². The summed E-state index contributed by atoms with van der Waals surface area (Å²) in [5.74, 6) is 2.07. The van der Waals surface area contributed by atoms with Crippen LogP contribution in [0.3, 0.4) is 0 Å². The van der Waals surface area contributed by atoms with E-state index in [1.54, 1.807) is 0 Å². The molecule has 5 nitrogen and oxygen atoms in total. The molecule has 5 heteroatoms. The van der Waals surface area contributed by atoms with Gasteiger partial charge in [-0.05, 0) is 67.6 Å². The fourth-order valence-electron chi connectivity index (χ4n) is 4.58. The van der Waals surface area contributed by atoms with E-state index in [2.05, 4.69) is 10.6 Å². The average molecular weight is 344 g/mol. The van der Waals surface area contributed by atoms with Gasteiger partial charge in [-0.2, -0.15) is 0 Å². The van der Waals surface area contributed by atoms with Gasteiger partial charge in [-0.3, -0.25) is 0 Å². The number of nitrogens with one attached hydrogen (secondary N) is 2. The first kappa shape index (κ1) is 16.9. The van der Waals surface area contributed by atoms with Crippen molar-refractivity contribution in [1.29, 1.82) is 0 Å². The minimum absolute atomic E-state index is 0.105. The Morgan fingerprint density at radius 1 is 1.20 bits per heavy atom. The molecule has 0 saturated heterocycles. The van der Waals surface area contributed by atoms with Gasteiger partial charge < -0.3 is 20.5 Å². The van der Waals surface area contributed by atoms with Gasteiger partial charge in [-0.1, -0.05) is 12.1 Å². The number of fused-ring (bicyclic) bond motifs is 2. The van der Waals surface area contributed by atoms with Crippen LogP contribution in [0.15, 0.2) is 24.3 Å². The van der Waals surface area contributed by atoms with Gasteiger partial charge in [0, 0.05) is 30.9 Å². The number of benzene rings is 1. The van der Waals surface area contributed by atoms with Gasteiger partial charge in [-0.15, -0.1) is 0 Å². The third kappa shape index (κ3) is 3.98. The second-order valence-electron chi connectivity index (χ2n) is 7.96. The molecular formula is C20H28N2O3. The van der Waals surface area contributed by atoms with Crippen molar-refractivity contribution in [3.05, 3.63) is 29.8 Å². The molecule has 4 unspecified atom stereocenters. The highest BCUT2D eigenvalue weighted by Gasteiger charge is 2.47. The van der Waals surface area contributed by atoms with E-state index in [-0.39, 0.29) is 24.6 Å². The largest absolute Gasteiger partial charge is 0.396 e. The fraction of sp³-hybridized carbons (Fsp3) is 0.650. The molecule has 1 aromatic carbocycles. The topological polar surface area (TPSA) is 70.6 Å². The second-order valence-corrected chi connectivity index (χ2v) is 7.96. The number of aliphatic hydroxyl groups is 1. The monoisotopic (exact) mass is 344 g/mol. The van der Waals surface area contributed by atoms with E-state index >= 15 is 0 Å². The van der Waals surface area contributed by atoms with Crippen LogP contribution >= 0.6 is 0 Å². The maximum Gasteiger partial charge on any atom is 0.319 e. The fourth-order valence-corrected chi connectivity index (χ4v) is 4.58. The lowest BCUT2D eigenvalue weighted by Gasteiger charge is -2.30. The number of hydrogen-bond donors (Lipinski definition) is 3. The van der Waals surface area contributed by atoms with Crippen molar-refractivity contribution in [2.75, 3.05) is 18.5 Å². The van der Waals surface area contributed by atoms with Crippen molar-refractivity contribution in [1.82, 2.24) is 5.32 Å². The molecule has 3 saturated carbocycles. The molecule has 0 heterocycles. The van der Waals surface area contributed by atoms with Crippen molar-refractivity contribution in [2.45, 2.75) is 44.8 Å². The molecule has 2 amide bonds. The molecule has 2 bridgehead atoms. The summed E-state index contributed by atoms with van der Waals surface area (Å²) >= 11 is 0. The van der Waals surface area contributed by atoms with Gasteiger partial charge in [0.05, 0.1) is 6.61 Å². The summed E-state index contributed by atoms with van der Waals surface area (Å²) in [5, 5.41) is 15.7. The lowest BCUT2D eigenvalue weighted by atomic mass is 9.85. The molecule has 3 fully saturated rings. The van der Waals surface area contributed by atoms with Gasteiger partial charge in [0.15, 0.2) is 0 Å². The molecule has 0 radical (unpaired) electrons. The standard InChI is InChI=1S/C20H28N2O3/c23-10-18-15-6-7-16(9-15)19(18)22-20(24)21-17-3-1-2-14(8-17)12-25-11-13-4-5-13/h1-3,8,13,15-16,18-19,23H,4-7,9-12H2,(H2,21,22,24). The van der Waals surface area contributed by atoms with Gasteiger partial charge in [-0.25, -0.2) is 4.79 Å². The molecule has 0 aromatic heterocycles. The van der Waals surface area contributed by atoms with Crippen molar-refractivity contribution >= 4 is 11.7 Å². The maximum atomic E-state index is 12.4. The zero-order valence-electron chi connectivity index (χ0n) is 14.6. The second kappa shape index (κ2) is 7.34. The molecule has 0 aliphatic heterocycles. The highest BCUT2D eigenvalue weighted by atomic mass is 16.5. The first-order valence-corrected chi connectivity index (χ1v) is 9.58. The van der Waals surface area contributed by atoms with Crippen LogP contribution in [0, 0.1) is 23.7 Å². The number of urea groups is 1. The molecule has 25 heavy (non-hydrogen) atoms. The normalized spacial score (nSPS) is 30.4. The molecule has 3 aliphatic rings. The Hall–Kier alpha value is -1.59. The number of ether oxygens (including phenoxy) is 1. The van der Waals surface area contributed by atoms with Crippen molar-refractivity contribution < 1.29 is 14.6 Å². The number of amides is 2.